The number of halogens is 1. The molecule has 0 bridgehead atoms. The summed E-state index contributed by atoms with van der Waals surface area (Å²) in [6.07, 6.45) is 0. The lowest BCUT2D eigenvalue weighted by Gasteiger charge is -2.13. The molecule has 116 valence electrons. The molecule has 0 aliphatic rings. The van der Waals surface area contributed by atoms with Crippen molar-refractivity contribution in [3.8, 4) is 11.5 Å². The lowest BCUT2D eigenvalue weighted by Crippen LogP contribution is -2.13. The minimum atomic E-state index is -0.313. The first kappa shape index (κ1) is 16.0. The fraction of sp³-hybridized carbons (Fsp3) is 0.188. The zero-order valence-electron chi connectivity index (χ0n) is 12.6. The zero-order valence-corrected chi connectivity index (χ0v) is 13.3. The normalized spacial score (nSPS) is 10.2. The molecular formula is C16H17ClN2O3. The highest BCUT2D eigenvalue weighted by atomic mass is 35.5. The van der Waals surface area contributed by atoms with Crippen molar-refractivity contribution in [2.75, 3.05) is 25.3 Å². The number of rotatable bonds is 4. The molecule has 0 saturated carbocycles. The molecule has 2 rings (SSSR count). The molecule has 2 aromatic carbocycles. The van der Waals surface area contributed by atoms with Gasteiger partial charge in [0.25, 0.3) is 5.91 Å². The third-order valence-electron chi connectivity index (χ3n) is 3.16. The number of ether oxygens (including phenoxy) is 2. The minimum Gasteiger partial charge on any atom is -0.497 e. The highest BCUT2D eigenvalue weighted by Crippen LogP contribution is 2.30. The van der Waals surface area contributed by atoms with Gasteiger partial charge in [-0.15, -0.1) is 0 Å². The van der Waals surface area contributed by atoms with E-state index in [2.05, 4.69) is 5.32 Å². The third kappa shape index (κ3) is 3.43. The van der Waals surface area contributed by atoms with E-state index in [1.54, 1.807) is 30.3 Å². The number of methoxy groups -OCH3 is 2. The van der Waals surface area contributed by atoms with Crippen molar-refractivity contribution >= 4 is 28.9 Å². The topological polar surface area (TPSA) is 73.6 Å². The minimum absolute atomic E-state index is 0.313. The summed E-state index contributed by atoms with van der Waals surface area (Å²) in [5, 5.41) is 3.18. The monoisotopic (exact) mass is 320 g/mol. The number of benzene rings is 2. The van der Waals surface area contributed by atoms with Crippen LogP contribution in [-0.2, 0) is 0 Å². The molecule has 1 amide bonds. The molecule has 0 aliphatic carbocycles. The molecule has 0 aliphatic heterocycles. The highest BCUT2D eigenvalue weighted by molar-refractivity contribution is 6.34. The van der Waals surface area contributed by atoms with Gasteiger partial charge in [-0.25, -0.2) is 0 Å². The van der Waals surface area contributed by atoms with E-state index >= 15 is 0 Å². The molecule has 2 aromatic rings. The number of nitrogens with one attached hydrogen (secondary N) is 1. The van der Waals surface area contributed by atoms with E-state index in [0.717, 1.165) is 5.56 Å². The van der Waals surface area contributed by atoms with Crippen LogP contribution in [0.25, 0.3) is 0 Å². The second-order valence-corrected chi connectivity index (χ2v) is 5.16. The number of amides is 1. The van der Waals surface area contributed by atoms with Gasteiger partial charge in [0.2, 0.25) is 0 Å². The predicted octanol–water partition coefficient (Wildman–Crippen LogP) is 3.50. The largest absolute Gasteiger partial charge is 0.497 e. The lowest BCUT2D eigenvalue weighted by atomic mass is 10.1. The molecule has 0 spiro atoms. The van der Waals surface area contributed by atoms with Crippen molar-refractivity contribution in [1.82, 2.24) is 0 Å². The summed E-state index contributed by atoms with van der Waals surface area (Å²) in [7, 11) is 3.05. The Balaban J connectivity index is 2.34. The molecule has 0 aromatic heterocycles. The Hall–Kier alpha value is -2.40. The van der Waals surface area contributed by atoms with E-state index in [9.17, 15) is 4.79 Å². The molecule has 22 heavy (non-hydrogen) atoms. The number of nitrogens with two attached hydrogens (primary N) is 1. The number of hydrogen-bond acceptors (Lipinski definition) is 4. The molecule has 0 fully saturated rings. The van der Waals surface area contributed by atoms with Crippen LogP contribution in [0.5, 0.6) is 11.5 Å². The van der Waals surface area contributed by atoms with Gasteiger partial charge in [-0.05, 0) is 36.8 Å². The molecule has 0 atom stereocenters. The Labute approximate surface area is 134 Å². The summed E-state index contributed by atoms with van der Waals surface area (Å²) >= 11 is 6.14. The number of nitrogen functional groups attached to an aromatic ring is 1. The number of carbonyl (C=O) groups excluding carboxylic acids is 1. The molecule has 6 heteroatoms. The van der Waals surface area contributed by atoms with Crippen LogP contribution >= 0.6 is 11.6 Å². The summed E-state index contributed by atoms with van der Waals surface area (Å²) in [5.41, 5.74) is 7.98. The second kappa shape index (κ2) is 6.58. The van der Waals surface area contributed by atoms with Gasteiger partial charge >= 0.3 is 0 Å². The van der Waals surface area contributed by atoms with E-state index in [0.29, 0.717) is 33.5 Å². The molecule has 0 unspecified atom stereocenters. The summed E-state index contributed by atoms with van der Waals surface area (Å²) in [6, 6.07) is 8.28. The molecular weight excluding hydrogens is 304 g/mol. The van der Waals surface area contributed by atoms with E-state index in [-0.39, 0.29) is 5.91 Å². The maximum atomic E-state index is 12.4. The first-order chi connectivity index (χ1) is 10.4. The average Bonchev–Trinajstić information content (AvgIpc) is 2.49. The first-order valence-electron chi connectivity index (χ1n) is 6.54. The van der Waals surface area contributed by atoms with E-state index in [1.165, 1.54) is 14.2 Å². The lowest BCUT2D eigenvalue weighted by molar-refractivity contribution is 0.102. The molecule has 5 nitrogen and oxygen atoms in total. The van der Waals surface area contributed by atoms with Gasteiger partial charge in [0.05, 0.1) is 24.9 Å². The Morgan fingerprint density at radius 1 is 1.09 bits per heavy atom. The summed E-state index contributed by atoms with van der Waals surface area (Å²) in [5.74, 6) is 0.751. The van der Waals surface area contributed by atoms with E-state index in [1.807, 2.05) is 6.92 Å². The highest BCUT2D eigenvalue weighted by Gasteiger charge is 2.13. The van der Waals surface area contributed by atoms with Crippen molar-refractivity contribution in [2.24, 2.45) is 0 Å². The average molecular weight is 321 g/mol. The SMILES string of the molecule is COc1cc(OC)cc(C(=O)Nc2c(C)cc(N)cc2Cl)c1. The van der Waals surface area contributed by atoms with Crippen LogP contribution in [0.1, 0.15) is 15.9 Å². The van der Waals surface area contributed by atoms with Crippen molar-refractivity contribution in [2.45, 2.75) is 6.92 Å². The fourth-order valence-electron chi connectivity index (χ4n) is 2.05. The van der Waals surface area contributed by atoms with Gasteiger partial charge in [0.1, 0.15) is 11.5 Å². The number of anilines is 2. The molecule has 3 N–H and O–H groups in total. The predicted molar refractivity (Wildman–Crippen MR) is 88.1 cm³/mol. The van der Waals surface area contributed by atoms with Crippen LogP contribution in [0.15, 0.2) is 30.3 Å². The van der Waals surface area contributed by atoms with Gasteiger partial charge in [-0.1, -0.05) is 11.6 Å². The third-order valence-corrected chi connectivity index (χ3v) is 3.46. The fourth-order valence-corrected chi connectivity index (χ4v) is 2.38. The quantitative estimate of drug-likeness (QED) is 0.846. The number of aryl methyl sites for hydroxylation is 1. The van der Waals surface area contributed by atoms with Gasteiger partial charge in [-0.2, -0.15) is 0 Å². The Kier molecular flexibility index (Phi) is 4.78. The standard InChI is InChI=1S/C16H17ClN2O3/c1-9-4-11(18)7-14(17)15(9)19-16(20)10-5-12(21-2)8-13(6-10)22-3/h4-8H,18H2,1-3H3,(H,19,20). The van der Waals surface area contributed by atoms with Gasteiger partial charge in [-0.3, -0.25) is 4.79 Å². The Morgan fingerprint density at radius 2 is 1.68 bits per heavy atom. The second-order valence-electron chi connectivity index (χ2n) is 4.75. The number of hydrogen-bond donors (Lipinski definition) is 2. The van der Waals surface area contributed by atoms with Crippen LogP contribution in [0.3, 0.4) is 0 Å². The maximum Gasteiger partial charge on any atom is 0.255 e. The molecule has 0 radical (unpaired) electrons. The zero-order chi connectivity index (χ0) is 16.3. The van der Waals surface area contributed by atoms with Gasteiger partial charge in [0, 0.05) is 17.3 Å². The van der Waals surface area contributed by atoms with Crippen LogP contribution < -0.4 is 20.5 Å². The van der Waals surface area contributed by atoms with Crippen LogP contribution in [-0.4, -0.2) is 20.1 Å². The Morgan fingerprint density at radius 3 is 2.18 bits per heavy atom. The van der Waals surface area contributed by atoms with Crippen LogP contribution in [0.2, 0.25) is 5.02 Å². The van der Waals surface area contributed by atoms with Crippen LogP contribution in [0, 0.1) is 6.92 Å². The van der Waals surface area contributed by atoms with Gasteiger partial charge < -0.3 is 20.5 Å². The smallest absolute Gasteiger partial charge is 0.255 e. The van der Waals surface area contributed by atoms with E-state index in [4.69, 9.17) is 26.8 Å². The van der Waals surface area contributed by atoms with Crippen LogP contribution in [0.4, 0.5) is 11.4 Å². The maximum absolute atomic E-state index is 12.4. The number of carbonyl (C=O) groups is 1. The Bertz CT molecular complexity index is 671. The summed E-state index contributed by atoms with van der Waals surface area (Å²) < 4.78 is 10.3. The van der Waals surface area contributed by atoms with Crippen molar-refractivity contribution < 1.29 is 14.3 Å². The first-order valence-corrected chi connectivity index (χ1v) is 6.92. The summed E-state index contributed by atoms with van der Waals surface area (Å²) in [6.45, 7) is 1.82. The molecule has 0 saturated heterocycles. The van der Waals surface area contributed by atoms with Crippen molar-refractivity contribution in [1.29, 1.82) is 0 Å². The van der Waals surface area contributed by atoms with Crippen molar-refractivity contribution in [3.05, 3.63) is 46.5 Å². The summed E-state index contributed by atoms with van der Waals surface area (Å²) in [4.78, 5) is 12.4. The van der Waals surface area contributed by atoms with Crippen molar-refractivity contribution in [3.63, 3.8) is 0 Å². The van der Waals surface area contributed by atoms with E-state index < -0.39 is 0 Å². The van der Waals surface area contributed by atoms with Gasteiger partial charge in [0.15, 0.2) is 0 Å². The molecule has 0 heterocycles.